The summed E-state index contributed by atoms with van der Waals surface area (Å²) in [5, 5.41) is 3.46. The highest BCUT2D eigenvalue weighted by molar-refractivity contribution is 7.92. The molecule has 2 aromatic carbocycles. The van der Waals surface area contributed by atoms with Crippen molar-refractivity contribution in [3.8, 4) is 0 Å². The first-order chi connectivity index (χ1) is 9.85. The van der Waals surface area contributed by atoms with E-state index in [-0.39, 0.29) is 20.6 Å². The number of sulfonamides is 1. The first kappa shape index (κ1) is 15.9. The second-order valence-electron chi connectivity index (χ2n) is 4.43. The zero-order chi connectivity index (χ0) is 15.6. The number of hydrogen-bond donors (Lipinski definition) is 2. The van der Waals surface area contributed by atoms with Crippen LogP contribution in [0.5, 0.6) is 0 Å². The van der Waals surface area contributed by atoms with E-state index in [1.54, 1.807) is 38.2 Å². The molecule has 0 heterocycles. The van der Waals surface area contributed by atoms with Gasteiger partial charge in [0.2, 0.25) is 0 Å². The van der Waals surface area contributed by atoms with Crippen molar-refractivity contribution < 1.29 is 8.42 Å². The van der Waals surface area contributed by atoms with Crippen LogP contribution in [0.25, 0.3) is 0 Å². The van der Waals surface area contributed by atoms with Crippen molar-refractivity contribution >= 4 is 44.6 Å². The minimum atomic E-state index is -3.75. The molecule has 0 radical (unpaired) electrons. The molecule has 0 atom stereocenters. The lowest BCUT2D eigenvalue weighted by molar-refractivity contribution is 0.601. The Morgan fingerprint density at radius 3 is 2.19 bits per heavy atom. The second-order valence-corrected chi connectivity index (χ2v) is 6.90. The smallest absolute Gasteiger partial charge is 0.261 e. The number of hydrogen-bond acceptors (Lipinski definition) is 3. The summed E-state index contributed by atoms with van der Waals surface area (Å²) in [5.41, 5.74) is 1.75. The maximum absolute atomic E-state index is 12.4. The quantitative estimate of drug-likeness (QED) is 0.875. The fourth-order valence-electron chi connectivity index (χ4n) is 1.74. The molecule has 0 aliphatic carbocycles. The van der Waals surface area contributed by atoms with Gasteiger partial charge in [-0.15, -0.1) is 0 Å². The fourth-order valence-corrected chi connectivity index (χ4v) is 3.41. The number of benzene rings is 2. The standard InChI is InChI=1S/C14H14Cl2N2O2S/c1-9-3-8-12(15)14(13(9)16)18-21(19,20)11-6-4-10(17-2)5-7-11/h3-8,17-18H,1-2H3. The van der Waals surface area contributed by atoms with Crippen molar-refractivity contribution in [1.82, 2.24) is 0 Å². The van der Waals surface area contributed by atoms with E-state index in [2.05, 4.69) is 10.0 Å². The molecule has 0 aliphatic rings. The van der Waals surface area contributed by atoms with Crippen LogP contribution in [0, 0.1) is 6.92 Å². The Labute approximate surface area is 134 Å². The molecule has 0 unspecified atom stereocenters. The summed E-state index contributed by atoms with van der Waals surface area (Å²) in [6, 6.07) is 9.69. The first-order valence-electron chi connectivity index (χ1n) is 6.10. The van der Waals surface area contributed by atoms with Gasteiger partial charge in [0.25, 0.3) is 10.0 Å². The average molecular weight is 345 g/mol. The van der Waals surface area contributed by atoms with Gasteiger partial charge in [0.1, 0.15) is 0 Å². The Bertz CT molecular complexity index is 759. The molecule has 0 saturated heterocycles. The zero-order valence-corrected chi connectivity index (χ0v) is 13.8. The lowest BCUT2D eigenvalue weighted by Gasteiger charge is -2.13. The minimum absolute atomic E-state index is 0.134. The summed E-state index contributed by atoms with van der Waals surface area (Å²) in [6.07, 6.45) is 0. The molecule has 0 aromatic heterocycles. The summed E-state index contributed by atoms with van der Waals surface area (Å²) in [5.74, 6) is 0. The van der Waals surface area contributed by atoms with Gasteiger partial charge in [-0.1, -0.05) is 29.3 Å². The number of rotatable bonds is 4. The van der Waals surface area contributed by atoms with Crippen molar-refractivity contribution in [3.63, 3.8) is 0 Å². The maximum atomic E-state index is 12.4. The Kier molecular flexibility index (Phi) is 4.66. The van der Waals surface area contributed by atoms with E-state index in [0.717, 1.165) is 11.3 Å². The van der Waals surface area contributed by atoms with E-state index in [9.17, 15) is 8.42 Å². The molecule has 7 heteroatoms. The van der Waals surface area contributed by atoms with Crippen LogP contribution in [-0.4, -0.2) is 15.5 Å². The Morgan fingerprint density at radius 2 is 1.62 bits per heavy atom. The summed E-state index contributed by atoms with van der Waals surface area (Å²) >= 11 is 12.1. The van der Waals surface area contributed by atoms with Crippen molar-refractivity contribution in [3.05, 3.63) is 52.0 Å². The highest BCUT2D eigenvalue weighted by atomic mass is 35.5. The molecule has 21 heavy (non-hydrogen) atoms. The van der Waals surface area contributed by atoms with Crippen LogP contribution in [0.4, 0.5) is 11.4 Å². The number of aryl methyl sites for hydroxylation is 1. The molecule has 2 N–H and O–H groups in total. The molecule has 0 fully saturated rings. The van der Waals surface area contributed by atoms with Crippen molar-refractivity contribution in [2.75, 3.05) is 17.1 Å². The lowest BCUT2D eigenvalue weighted by atomic mass is 10.2. The normalized spacial score (nSPS) is 11.2. The SMILES string of the molecule is CNc1ccc(S(=O)(=O)Nc2c(Cl)ccc(C)c2Cl)cc1. The zero-order valence-electron chi connectivity index (χ0n) is 11.4. The maximum Gasteiger partial charge on any atom is 0.261 e. The van der Waals surface area contributed by atoms with Crippen LogP contribution < -0.4 is 10.0 Å². The van der Waals surface area contributed by atoms with Gasteiger partial charge in [0.05, 0.1) is 20.6 Å². The predicted octanol–water partition coefficient (Wildman–Crippen LogP) is 4.14. The summed E-state index contributed by atoms with van der Waals surface area (Å²) in [6.45, 7) is 1.78. The van der Waals surface area contributed by atoms with Gasteiger partial charge in [-0.25, -0.2) is 8.42 Å². The van der Waals surface area contributed by atoms with Crippen LogP contribution in [0.3, 0.4) is 0 Å². The first-order valence-corrected chi connectivity index (χ1v) is 8.34. The molecule has 0 bridgehead atoms. The van der Waals surface area contributed by atoms with Crippen LogP contribution in [-0.2, 0) is 10.0 Å². The van der Waals surface area contributed by atoms with Gasteiger partial charge in [0, 0.05) is 12.7 Å². The van der Waals surface area contributed by atoms with Crippen LogP contribution in [0.2, 0.25) is 10.0 Å². The minimum Gasteiger partial charge on any atom is -0.388 e. The van der Waals surface area contributed by atoms with Crippen LogP contribution >= 0.6 is 23.2 Å². The third-order valence-corrected chi connectivity index (χ3v) is 5.14. The van der Waals surface area contributed by atoms with Crippen molar-refractivity contribution in [2.45, 2.75) is 11.8 Å². The van der Waals surface area contributed by atoms with Crippen LogP contribution in [0.15, 0.2) is 41.3 Å². The molecule has 0 spiro atoms. The van der Waals surface area contributed by atoms with Crippen molar-refractivity contribution in [1.29, 1.82) is 0 Å². The lowest BCUT2D eigenvalue weighted by Crippen LogP contribution is -2.14. The molecule has 2 rings (SSSR count). The van der Waals surface area contributed by atoms with E-state index in [0.29, 0.717) is 0 Å². The molecule has 0 amide bonds. The molecule has 112 valence electrons. The highest BCUT2D eigenvalue weighted by Gasteiger charge is 2.18. The predicted molar refractivity (Wildman–Crippen MR) is 88.0 cm³/mol. The van der Waals surface area contributed by atoms with Gasteiger partial charge in [0.15, 0.2) is 0 Å². The third-order valence-electron chi connectivity index (χ3n) is 2.97. The number of halogens is 2. The molecule has 2 aromatic rings. The van der Waals surface area contributed by atoms with Crippen molar-refractivity contribution in [2.24, 2.45) is 0 Å². The Morgan fingerprint density at radius 1 is 1.00 bits per heavy atom. The third kappa shape index (κ3) is 3.43. The number of nitrogens with one attached hydrogen (secondary N) is 2. The molecule has 4 nitrogen and oxygen atoms in total. The summed E-state index contributed by atoms with van der Waals surface area (Å²) in [4.78, 5) is 0.134. The Balaban J connectivity index is 2.39. The molecular formula is C14H14Cl2N2O2S. The van der Waals surface area contributed by atoms with E-state index in [4.69, 9.17) is 23.2 Å². The van der Waals surface area contributed by atoms with E-state index < -0.39 is 10.0 Å². The van der Waals surface area contributed by atoms with Crippen LogP contribution in [0.1, 0.15) is 5.56 Å². The van der Waals surface area contributed by atoms with Gasteiger partial charge >= 0.3 is 0 Å². The van der Waals surface area contributed by atoms with Gasteiger partial charge in [-0.3, -0.25) is 4.72 Å². The summed E-state index contributed by atoms with van der Waals surface area (Å²) < 4.78 is 27.2. The Hall–Kier alpha value is -1.43. The van der Waals surface area contributed by atoms with Gasteiger partial charge in [-0.2, -0.15) is 0 Å². The largest absolute Gasteiger partial charge is 0.388 e. The summed E-state index contributed by atoms with van der Waals surface area (Å²) in [7, 11) is -1.99. The van der Waals surface area contributed by atoms with E-state index in [1.807, 2.05) is 0 Å². The highest BCUT2D eigenvalue weighted by Crippen LogP contribution is 2.34. The molecule has 0 aliphatic heterocycles. The molecule has 0 saturated carbocycles. The van der Waals surface area contributed by atoms with E-state index >= 15 is 0 Å². The number of anilines is 2. The van der Waals surface area contributed by atoms with E-state index in [1.165, 1.54) is 12.1 Å². The van der Waals surface area contributed by atoms with Gasteiger partial charge < -0.3 is 5.32 Å². The topological polar surface area (TPSA) is 58.2 Å². The van der Waals surface area contributed by atoms with Gasteiger partial charge in [-0.05, 0) is 42.8 Å². The second kappa shape index (κ2) is 6.13. The molecular weight excluding hydrogens is 331 g/mol. The fraction of sp³-hybridized carbons (Fsp3) is 0.143. The monoisotopic (exact) mass is 344 g/mol. The average Bonchev–Trinajstić information content (AvgIpc) is 2.48.